The number of rotatable bonds is 8. The molecule has 1 aliphatic heterocycles. The minimum atomic E-state index is -3.53. The van der Waals surface area contributed by atoms with Gasteiger partial charge in [-0.05, 0) is 42.7 Å². The van der Waals surface area contributed by atoms with Crippen LogP contribution in [0.4, 0.5) is 0 Å². The monoisotopic (exact) mass is 433 g/mol. The fraction of sp³-hybridized carbons (Fsp3) is 0.476. The van der Waals surface area contributed by atoms with Crippen LogP contribution >= 0.6 is 0 Å². The third-order valence-corrected chi connectivity index (χ3v) is 6.67. The molecule has 9 heteroatoms. The van der Waals surface area contributed by atoms with Crippen LogP contribution in [-0.4, -0.2) is 57.2 Å². The maximum Gasteiger partial charge on any atom is 0.240 e. The zero-order valence-electron chi connectivity index (χ0n) is 17.8. The van der Waals surface area contributed by atoms with Gasteiger partial charge in [-0.25, -0.2) is 13.1 Å². The lowest BCUT2D eigenvalue weighted by molar-refractivity contribution is 0.114. The lowest BCUT2D eigenvalue weighted by atomic mass is 10.2. The molecule has 1 saturated heterocycles. The molecule has 1 aromatic heterocycles. The Kier molecular flexibility index (Phi) is 7.52. The molecule has 3 rings (SSSR count). The van der Waals surface area contributed by atoms with Gasteiger partial charge < -0.3 is 19.5 Å². The van der Waals surface area contributed by atoms with Crippen molar-refractivity contribution in [3.05, 3.63) is 53.9 Å². The van der Waals surface area contributed by atoms with Crippen molar-refractivity contribution in [2.24, 2.45) is 12.0 Å². The van der Waals surface area contributed by atoms with Crippen LogP contribution < -0.4 is 10.0 Å². The first kappa shape index (κ1) is 22.3. The number of hydrogen-bond acceptors (Lipinski definition) is 4. The molecule has 2 aromatic rings. The summed E-state index contributed by atoms with van der Waals surface area (Å²) in [4.78, 5) is 6.64. The predicted octanol–water partition coefficient (Wildman–Crippen LogP) is 1.69. The van der Waals surface area contributed by atoms with E-state index in [2.05, 4.69) is 25.7 Å². The highest BCUT2D eigenvalue weighted by Crippen LogP contribution is 2.14. The summed E-state index contributed by atoms with van der Waals surface area (Å²) in [6.07, 6.45) is 3.87. The van der Waals surface area contributed by atoms with Crippen molar-refractivity contribution >= 4 is 16.0 Å². The summed E-state index contributed by atoms with van der Waals surface area (Å²) < 4.78 is 35.1. The molecule has 1 atom stereocenters. The Morgan fingerprint density at radius 1 is 1.30 bits per heavy atom. The van der Waals surface area contributed by atoms with Gasteiger partial charge in [-0.2, -0.15) is 0 Å². The van der Waals surface area contributed by atoms with Gasteiger partial charge in [0, 0.05) is 52.7 Å². The van der Waals surface area contributed by atoms with Gasteiger partial charge in [-0.15, -0.1) is 0 Å². The summed E-state index contributed by atoms with van der Waals surface area (Å²) in [6.45, 7) is 2.30. The van der Waals surface area contributed by atoms with Crippen LogP contribution in [0, 0.1) is 0 Å². The first-order valence-electron chi connectivity index (χ1n) is 10.1. The second-order valence-electron chi connectivity index (χ2n) is 7.50. The van der Waals surface area contributed by atoms with Gasteiger partial charge >= 0.3 is 0 Å². The zero-order chi connectivity index (χ0) is 21.6. The number of aryl methyl sites for hydroxylation is 1. The zero-order valence-corrected chi connectivity index (χ0v) is 18.7. The van der Waals surface area contributed by atoms with E-state index in [4.69, 9.17) is 4.74 Å². The van der Waals surface area contributed by atoms with E-state index in [0.29, 0.717) is 19.7 Å². The lowest BCUT2D eigenvalue weighted by Crippen LogP contribution is -2.38. The van der Waals surface area contributed by atoms with Crippen molar-refractivity contribution in [3.8, 4) is 0 Å². The summed E-state index contributed by atoms with van der Waals surface area (Å²) in [5, 5.41) is 3.32. The molecule has 164 valence electrons. The van der Waals surface area contributed by atoms with Gasteiger partial charge in [-0.3, -0.25) is 4.99 Å². The summed E-state index contributed by atoms with van der Waals surface area (Å²) >= 11 is 0. The van der Waals surface area contributed by atoms with Crippen molar-refractivity contribution in [2.45, 2.75) is 36.9 Å². The number of sulfonamides is 1. The van der Waals surface area contributed by atoms with Crippen LogP contribution in [-0.2, 0) is 34.9 Å². The Morgan fingerprint density at radius 2 is 2.07 bits per heavy atom. The van der Waals surface area contributed by atoms with Gasteiger partial charge in [0.1, 0.15) is 0 Å². The average molecular weight is 434 g/mol. The molecule has 30 heavy (non-hydrogen) atoms. The Balaban J connectivity index is 1.53. The van der Waals surface area contributed by atoms with Gasteiger partial charge in [0.2, 0.25) is 10.0 Å². The maximum absolute atomic E-state index is 12.5. The van der Waals surface area contributed by atoms with Crippen molar-refractivity contribution in [3.63, 3.8) is 0 Å². The molecule has 1 fully saturated rings. The standard InChI is InChI=1S/C21H31N5O3S/c1-22-21(26(3)16-18-6-4-12-25(18)2)23-14-17-8-10-20(11-9-17)30(27,28)24-15-19-7-5-13-29-19/h4,6,8-12,19,24H,5,7,13-16H2,1-3H3,(H,22,23). The third-order valence-electron chi connectivity index (χ3n) is 5.23. The molecule has 0 amide bonds. The summed E-state index contributed by atoms with van der Waals surface area (Å²) in [6, 6.07) is 11.0. The number of guanidine groups is 1. The molecular weight excluding hydrogens is 402 g/mol. The molecule has 8 nitrogen and oxygen atoms in total. The Hall–Kier alpha value is -2.36. The van der Waals surface area contributed by atoms with Gasteiger partial charge in [0.05, 0.1) is 17.5 Å². The van der Waals surface area contributed by atoms with Crippen molar-refractivity contribution < 1.29 is 13.2 Å². The van der Waals surface area contributed by atoms with Crippen LogP contribution in [0.25, 0.3) is 0 Å². The minimum absolute atomic E-state index is 0.0254. The fourth-order valence-corrected chi connectivity index (χ4v) is 4.49. The van der Waals surface area contributed by atoms with E-state index < -0.39 is 10.0 Å². The van der Waals surface area contributed by atoms with E-state index >= 15 is 0 Å². The van der Waals surface area contributed by atoms with Crippen molar-refractivity contribution in [2.75, 3.05) is 27.2 Å². The quantitative estimate of drug-likeness (QED) is 0.489. The smallest absolute Gasteiger partial charge is 0.240 e. The number of aliphatic imine (C=N–C) groups is 1. The van der Waals surface area contributed by atoms with Crippen LogP contribution in [0.3, 0.4) is 0 Å². The van der Waals surface area contributed by atoms with E-state index in [9.17, 15) is 8.42 Å². The Labute approximate surface area is 179 Å². The van der Waals surface area contributed by atoms with Crippen LogP contribution in [0.15, 0.2) is 52.5 Å². The molecule has 2 heterocycles. The molecule has 1 unspecified atom stereocenters. The summed E-state index contributed by atoms with van der Waals surface area (Å²) in [5.41, 5.74) is 2.16. The van der Waals surface area contributed by atoms with Crippen LogP contribution in [0.1, 0.15) is 24.1 Å². The van der Waals surface area contributed by atoms with Crippen LogP contribution in [0.2, 0.25) is 0 Å². The molecule has 1 aromatic carbocycles. The molecular formula is C21H31N5O3S. The fourth-order valence-electron chi connectivity index (χ4n) is 3.42. The molecule has 0 radical (unpaired) electrons. The number of ether oxygens (including phenoxy) is 1. The van der Waals surface area contributed by atoms with E-state index in [1.807, 2.05) is 43.4 Å². The number of hydrogen-bond donors (Lipinski definition) is 2. The predicted molar refractivity (Wildman–Crippen MR) is 118 cm³/mol. The molecule has 0 saturated carbocycles. The second kappa shape index (κ2) is 10.1. The summed E-state index contributed by atoms with van der Waals surface area (Å²) in [5.74, 6) is 0.770. The number of aromatic nitrogens is 1. The first-order chi connectivity index (χ1) is 14.4. The van der Waals surface area contributed by atoms with Gasteiger partial charge in [-0.1, -0.05) is 12.1 Å². The van der Waals surface area contributed by atoms with Gasteiger partial charge in [0.25, 0.3) is 0 Å². The van der Waals surface area contributed by atoms with E-state index in [-0.39, 0.29) is 11.0 Å². The van der Waals surface area contributed by atoms with Crippen LogP contribution in [0.5, 0.6) is 0 Å². The topological polar surface area (TPSA) is 88.0 Å². The highest BCUT2D eigenvalue weighted by molar-refractivity contribution is 7.89. The highest BCUT2D eigenvalue weighted by Gasteiger charge is 2.20. The van der Waals surface area contributed by atoms with Crippen molar-refractivity contribution in [1.29, 1.82) is 0 Å². The maximum atomic E-state index is 12.5. The summed E-state index contributed by atoms with van der Waals surface area (Å²) in [7, 11) is 2.22. The SMILES string of the molecule is CN=C(NCc1ccc(S(=O)(=O)NCC2CCCO2)cc1)N(C)Cc1cccn1C. The molecule has 1 aliphatic rings. The second-order valence-corrected chi connectivity index (χ2v) is 9.27. The van der Waals surface area contributed by atoms with E-state index in [1.165, 1.54) is 5.69 Å². The average Bonchev–Trinajstić information content (AvgIpc) is 3.39. The van der Waals surface area contributed by atoms with Gasteiger partial charge in [0.15, 0.2) is 5.96 Å². The minimum Gasteiger partial charge on any atom is -0.377 e. The molecule has 0 aliphatic carbocycles. The molecule has 0 bridgehead atoms. The number of nitrogens with one attached hydrogen (secondary N) is 2. The van der Waals surface area contributed by atoms with Crippen molar-refractivity contribution in [1.82, 2.24) is 19.5 Å². The molecule has 0 spiro atoms. The Morgan fingerprint density at radius 3 is 2.67 bits per heavy atom. The Bertz CT molecular complexity index is 947. The number of benzene rings is 1. The first-order valence-corrected chi connectivity index (χ1v) is 11.6. The largest absolute Gasteiger partial charge is 0.377 e. The lowest BCUT2D eigenvalue weighted by Gasteiger charge is -2.22. The normalized spacial score (nSPS) is 17.3. The molecule has 2 N–H and O–H groups in total. The third kappa shape index (κ3) is 5.84. The highest BCUT2D eigenvalue weighted by atomic mass is 32.2. The van der Waals surface area contributed by atoms with E-state index in [0.717, 1.165) is 30.9 Å². The number of nitrogens with zero attached hydrogens (tertiary/aromatic N) is 3. The van der Waals surface area contributed by atoms with E-state index in [1.54, 1.807) is 19.2 Å².